The zero-order valence-electron chi connectivity index (χ0n) is 25.0. The molecule has 0 amide bonds. The van der Waals surface area contributed by atoms with Crippen molar-refractivity contribution in [2.24, 2.45) is 9.98 Å². The molecule has 1 aromatic heterocycles. The zero-order valence-corrected chi connectivity index (χ0v) is 25.0. The number of methoxy groups -OCH3 is 4. The van der Waals surface area contributed by atoms with Crippen molar-refractivity contribution in [2.75, 3.05) is 41.5 Å². The van der Waals surface area contributed by atoms with Gasteiger partial charge in [0.2, 0.25) is 5.88 Å². The highest BCUT2D eigenvalue weighted by Crippen LogP contribution is 2.35. The van der Waals surface area contributed by atoms with E-state index in [1.54, 1.807) is 28.4 Å². The van der Waals surface area contributed by atoms with Gasteiger partial charge in [-0.3, -0.25) is 9.98 Å². The van der Waals surface area contributed by atoms with E-state index in [4.69, 9.17) is 33.7 Å². The molecule has 0 fully saturated rings. The molecule has 0 aliphatic carbocycles. The third-order valence-electron chi connectivity index (χ3n) is 7.89. The monoisotopic (exact) mass is 577 g/mol. The minimum atomic E-state index is 0.492. The Labute approximate surface area is 252 Å². The number of pyridine rings is 1. The molecular weight excluding hydrogens is 542 g/mol. The van der Waals surface area contributed by atoms with Crippen molar-refractivity contribution in [3.05, 3.63) is 100 Å². The van der Waals surface area contributed by atoms with Crippen LogP contribution in [0, 0.1) is 0 Å². The van der Waals surface area contributed by atoms with E-state index in [1.807, 2.05) is 42.6 Å². The topological polar surface area (TPSA) is 83.8 Å². The molecule has 0 saturated heterocycles. The van der Waals surface area contributed by atoms with Gasteiger partial charge < -0.3 is 23.7 Å². The minimum Gasteiger partial charge on any atom is -0.497 e. The van der Waals surface area contributed by atoms with Gasteiger partial charge in [0.25, 0.3) is 0 Å². The van der Waals surface area contributed by atoms with Crippen LogP contribution in [0.2, 0.25) is 0 Å². The van der Waals surface area contributed by atoms with Crippen LogP contribution in [0.1, 0.15) is 33.4 Å². The van der Waals surface area contributed by atoms with Gasteiger partial charge in [0.05, 0.1) is 28.4 Å². The average molecular weight is 578 g/mol. The fraction of sp³-hybridized carbons (Fsp3) is 0.286. The number of hydrogen-bond acceptors (Lipinski definition) is 8. The lowest BCUT2D eigenvalue weighted by Gasteiger charge is -2.20. The van der Waals surface area contributed by atoms with Gasteiger partial charge in [-0.1, -0.05) is 12.1 Å². The van der Waals surface area contributed by atoms with Gasteiger partial charge in [-0.25, -0.2) is 4.98 Å². The number of rotatable bonds is 10. The van der Waals surface area contributed by atoms with Gasteiger partial charge in [-0.15, -0.1) is 0 Å². The maximum atomic E-state index is 6.14. The summed E-state index contributed by atoms with van der Waals surface area (Å²) < 4.78 is 28.3. The standard InChI is InChI=1S/C35H35N3O5/c1-39-26-7-8-27-24(18-26)11-13-36-29(27)15-22-5-9-31(32(17-22)40-2)43-35-10-6-23(21-38-35)16-30-28-20-34(42-4)33(41-3)19-25(28)12-14-37-30/h5-10,17-21H,11-16H2,1-4H3. The Bertz CT molecular complexity index is 1690. The summed E-state index contributed by atoms with van der Waals surface area (Å²) in [6.07, 6.45) is 4.99. The molecule has 3 aromatic carbocycles. The van der Waals surface area contributed by atoms with E-state index in [1.165, 1.54) is 16.7 Å². The molecule has 0 saturated carbocycles. The molecule has 0 N–H and O–H groups in total. The van der Waals surface area contributed by atoms with E-state index >= 15 is 0 Å². The predicted octanol–water partition coefficient (Wildman–Crippen LogP) is 6.08. The van der Waals surface area contributed by atoms with Gasteiger partial charge in [0.15, 0.2) is 23.0 Å². The van der Waals surface area contributed by atoms with Crippen molar-refractivity contribution in [3.63, 3.8) is 0 Å². The molecular formula is C35H35N3O5. The van der Waals surface area contributed by atoms with Gasteiger partial charge >= 0.3 is 0 Å². The second-order valence-electron chi connectivity index (χ2n) is 10.5. The highest BCUT2D eigenvalue weighted by Gasteiger charge is 2.20. The van der Waals surface area contributed by atoms with Crippen LogP contribution in [0.4, 0.5) is 0 Å². The average Bonchev–Trinajstić information content (AvgIpc) is 3.05. The molecule has 4 aromatic rings. The summed E-state index contributed by atoms with van der Waals surface area (Å²) in [5.74, 6) is 4.06. The van der Waals surface area contributed by atoms with Crippen molar-refractivity contribution >= 4 is 11.4 Å². The Hall–Kier alpha value is -4.85. The molecule has 3 heterocycles. The second-order valence-corrected chi connectivity index (χ2v) is 10.5. The van der Waals surface area contributed by atoms with Crippen LogP contribution in [0.5, 0.6) is 34.6 Å². The van der Waals surface area contributed by atoms with Crippen LogP contribution in [-0.4, -0.2) is 57.9 Å². The molecule has 0 unspecified atom stereocenters. The van der Waals surface area contributed by atoms with E-state index in [0.717, 1.165) is 65.5 Å². The van der Waals surface area contributed by atoms with Crippen LogP contribution in [-0.2, 0) is 25.7 Å². The molecule has 43 heavy (non-hydrogen) atoms. The Kier molecular flexibility index (Phi) is 8.27. The number of ether oxygens (including phenoxy) is 5. The summed E-state index contributed by atoms with van der Waals surface area (Å²) in [4.78, 5) is 14.2. The van der Waals surface area contributed by atoms with E-state index in [2.05, 4.69) is 29.2 Å². The Morgan fingerprint density at radius 3 is 1.93 bits per heavy atom. The third-order valence-corrected chi connectivity index (χ3v) is 7.89. The highest BCUT2D eigenvalue weighted by atomic mass is 16.5. The summed E-state index contributed by atoms with van der Waals surface area (Å²) in [7, 11) is 6.65. The predicted molar refractivity (Wildman–Crippen MR) is 167 cm³/mol. The quantitative estimate of drug-likeness (QED) is 0.227. The lowest BCUT2D eigenvalue weighted by Crippen LogP contribution is -2.16. The molecule has 2 aliphatic heterocycles. The normalized spacial score (nSPS) is 13.7. The molecule has 8 nitrogen and oxygen atoms in total. The summed E-state index contributed by atoms with van der Waals surface area (Å²) >= 11 is 0. The maximum absolute atomic E-state index is 6.14. The van der Waals surface area contributed by atoms with Crippen molar-refractivity contribution in [1.82, 2.24) is 4.98 Å². The zero-order chi connectivity index (χ0) is 29.8. The summed E-state index contributed by atoms with van der Waals surface area (Å²) in [5.41, 5.74) is 8.98. The van der Waals surface area contributed by atoms with Crippen molar-refractivity contribution in [2.45, 2.75) is 25.7 Å². The molecule has 0 bridgehead atoms. The number of aliphatic imine (C=N–C) groups is 2. The SMILES string of the molecule is COc1ccc2c(c1)CCN=C2Cc1ccc(Oc2ccc(CC3=NCCc4cc(OC)c(OC)cc43)cn2)c(OC)c1. The van der Waals surface area contributed by atoms with Crippen LogP contribution in [0.25, 0.3) is 0 Å². The van der Waals surface area contributed by atoms with Gasteiger partial charge in [0.1, 0.15) is 5.75 Å². The summed E-state index contributed by atoms with van der Waals surface area (Å²) in [6, 6.07) is 20.2. The van der Waals surface area contributed by atoms with E-state index in [9.17, 15) is 0 Å². The van der Waals surface area contributed by atoms with E-state index in [-0.39, 0.29) is 0 Å². The maximum Gasteiger partial charge on any atom is 0.219 e. The molecule has 0 spiro atoms. The van der Waals surface area contributed by atoms with Crippen molar-refractivity contribution in [1.29, 1.82) is 0 Å². The molecule has 2 aliphatic rings. The fourth-order valence-electron chi connectivity index (χ4n) is 5.66. The number of benzene rings is 3. The Morgan fingerprint density at radius 1 is 0.581 bits per heavy atom. The van der Waals surface area contributed by atoms with Crippen LogP contribution in [0.15, 0.2) is 76.8 Å². The molecule has 0 radical (unpaired) electrons. The number of aromatic nitrogens is 1. The van der Waals surface area contributed by atoms with Gasteiger partial charge in [-0.2, -0.15) is 0 Å². The first-order chi connectivity index (χ1) is 21.1. The first-order valence-electron chi connectivity index (χ1n) is 14.4. The highest BCUT2D eigenvalue weighted by molar-refractivity contribution is 6.05. The third kappa shape index (κ3) is 6.04. The minimum absolute atomic E-state index is 0.492. The van der Waals surface area contributed by atoms with E-state index < -0.39 is 0 Å². The van der Waals surface area contributed by atoms with E-state index in [0.29, 0.717) is 36.0 Å². The molecule has 0 atom stereocenters. The molecule has 8 heteroatoms. The first-order valence-corrected chi connectivity index (χ1v) is 14.4. The van der Waals surface area contributed by atoms with Crippen LogP contribution < -0.4 is 23.7 Å². The van der Waals surface area contributed by atoms with Crippen LogP contribution in [0.3, 0.4) is 0 Å². The Balaban J connectivity index is 1.14. The van der Waals surface area contributed by atoms with Crippen LogP contribution >= 0.6 is 0 Å². The number of nitrogens with zero attached hydrogens (tertiary/aromatic N) is 3. The van der Waals surface area contributed by atoms with Crippen molar-refractivity contribution in [3.8, 4) is 34.6 Å². The number of fused-ring (bicyclic) bond motifs is 2. The smallest absolute Gasteiger partial charge is 0.219 e. The van der Waals surface area contributed by atoms with Gasteiger partial charge in [0, 0.05) is 55.2 Å². The van der Waals surface area contributed by atoms with Crippen molar-refractivity contribution < 1.29 is 23.7 Å². The molecule has 220 valence electrons. The number of hydrogen-bond donors (Lipinski definition) is 0. The summed E-state index contributed by atoms with van der Waals surface area (Å²) in [6.45, 7) is 1.52. The lowest BCUT2D eigenvalue weighted by atomic mass is 9.93. The summed E-state index contributed by atoms with van der Waals surface area (Å²) in [5, 5.41) is 0. The lowest BCUT2D eigenvalue weighted by molar-refractivity contribution is 0.354. The largest absolute Gasteiger partial charge is 0.497 e. The van der Waals surface area contributed by atoms with Gasteiger partial charge in [-0.05, 0) is 83.1 Å². The second kappa shape index (κ2) is 12.6. The molecule has 6 rings (SSSR count). The Morgan fingerprint density at radius 2 is 1.23 bits per heavy atom. The first kappa shape index (κ1) is 28.3. The fourth-order valence-corrected chi connectivity index (χ4v) is 5.66.